The van der Waals surface area contributed by atoms with Crippen LogP contribution >= 0.6 is 0 Å². The van der Waals surface area contributed by atoms with E-state index in [0.29, 0.717) is 0 Å². The minimum absolute atomic E-state index is 0.768. The van der Waals surface area contributed by atoms with Crippen molar-refractivity contribution in [3.8, 4) is 22.4 Å². The Balaban J connectivity index is 2.05. The molecule has 0 aliphatic carbocycles. The minimum atomic E-state index is 0.768. The third kappa shape index (κ3) is 2.97. The van der Waals surface area contributed by atoms with E-state index in [0.717, 1.165) is 27.9 Å². The molecule has 2 aromatic carbocycles. The Labute approximate surface area is 159 Å². The van der Waals surface area contributed by atoms with Crippen LogP contribution in [0.1, 0.15) is 22.5 Å². The highest BCUT2D eigenvalue weighted by Crippen LogP contribution is 2.33. The van der Waals surface area contributed by atoms with Gasteiger partial charge in [-0.05, 0) is 62.0 Å². The molecule has 4 nitrogen and oxygen atoms in total. The second-order valence-electron chi connectivity index (χ2n) is 7.18. The Morgan fingerprint density at radius 2 is 1.59 bits per heavy atom. The highest BCUT2D eigenvalue weighted by atomic mass is 15.0. The van der Waals surface area contributed by atoms with Crippen molar-refractivity contribution >= 4 is 10.9 Å². The number of rotatable bonds is 2. The molecule has 0 saturated heterocycles. The average molecular weight is 355 g/mol. The van der Waals surface area contributed by atoms with Crippen LogP contribution in [-0.2, 0) is 7.05 Å². The number of para-hydroxylation sites is 1. The van der Waals surface area contributed by atoms with Gasteiger partial charge in [-0.25, -0.2) is 14.5 Å². The van der Waals surface area contributed by atoms with Crippen molar-refractivity contribution in [2.24, 2.45) is 7.05 Å². The highest BCUT2D eigenvalue weighted by molar-refractivity contribution is 5.99. The first kappa shape index (κ1) is 17.3. The van der Waals surface area contributed by atoms with Crippen molar-refractivity contribution in [1.82, 2.24) is 15.0 Å². The van der Waals surface area contributed by atoms with Gasteiger partial charge in [0.2, 0.25) is 0 Å². The van der Waals surface area contributed by atoms with Crippen molar-refractivity contribution < 1.29 is 4.57 Å². The summed E-state index contributed by atoms with van der Waals surface area (Å²) in [5, 5.41) is 1.13. The number of nitrogens with zero attached hydrogens (tertiary/aromatic N) is 4. The molecule has 2 heterocycles. The van der Waals surface area contributed by atoms with E-state index in [1.807, 2.05) is 25.6 Å². The Kier molecular flexibility index (Phi) is 4.19. The van der Waals surface area contributed by atoms with Crippen molar-refractivity contribution in [2.75, 3.05) is 0 Å². The van der Waals surface area contributed by atoms with Crippen molar-refractivity contribution in [3.05, 3.63) is 71.6 Å². The molecule has 4 heteroatoms. The van der Waals surface area contributed by atoms with Gasteiger partial charge in [-0.15, -0.1) is 0 Å². The summed E-state index contributed by atoms with van der Waals surface area (Å²) in [6, 6.07) is 10.8. The predicted molar refractivity (Wildman–Crippen MR) is 108 cm³/mol. The van der Waals surface area contributed by atoms with Gasteiger partial charge in [0.15, 0.2) is 5.52 Å². The van der Waals surface area contributed by atoms with E-state index in [9.17, 15) is 0 Å². The van der Waals surface area contributed by atoms with E-state index in [-0.39, 0.29) is 0 Å². The molecule has 0 spiro atoms. The lowest BCUT2D eigenvalue weighted by Gasteiger charge is -2.13. The van der Waals surface area contributed by atoms with Crippen LogP contribution in [0.25, 0.3) is 33.3 Å². The first-order valence-corrected chi connectivity index (χ1v) is 9.10. The van der Waals surface area contributed by atoms with E-state index in [1.54, 1.807) is 0 Å². The van der Waals surface area contributed by atoms with Gasteiger partial charge in [-0.2, -0.15) is 0 Å². The second-order valence-corrected chi connectivity index (χ2v) is 7.18. The zero-order valence-electron chi connectivity index (χ0n) is 16.4. The van der Waals surface area contributed by atoms with Crippen LogP contribution in [0.5, 0.6) is 0 Å². The first-order valence-electron chi connectivity index (χ1n) is 9.10. The molecule has 0 bridgehead atoms. The standard InChI is InChI=1S/C23H23N4/c1-14-9-15(2)16(3)21(10-14)23-20-8-6-7-19(22(20)26-13-27(23)5)18-11-24-17(4)25-12-18/h6-13H,1-5H3/q+1. The summed E-state index contributed by atoms with van der Waals surface area (Å²) in [6.07, 6.45) is 5.63. The number of benzene rings is 2. The number of fused-ring (bicyclic) bond motifs is 1. The monoisotopic (exact) mass is 355 g/mol. The summed E-state index contributed by atoms with van der Waals surface area (Å²) in [5.74, 6) is 0.768. The van der Waals surface area contributed by atoms with Crippen molar-refractivity contribution in [3.63, 3.8) is 0 Å². The van der Waals surface area contributed by atoms with Crippen LogP contribution < -0.4 is 4.57 Å². The smallest absolute Gasteiger partial charge is 0.241 e. The molecular formula is C23H23N4+. The van der Waals surface area contributed by atoms with E-state index in [2.05, 4.69) is 72.7 Å². The molecular weight excluding hydrogens is 332 g/mol. The van der Waals surface area contributed by atoms with Gasteiger partial charge in [-0.1, -0.05) is 17.7 Å². The molecule has 0 radical (unpaired) electrons. The second kappa shape index (κ2) is 6.54. The summed E-state index contributed by atoms with van der Waals surface area (Å²) in [6.45, 7) is 8.40. The Hall–Kier alpha value is -3.14. The van der Waals surface area contributed by atoms with Crippen LogP contribution in [0.4, 0.5) is 0 Å². The lowest BCUT2D eigenvalue weighted by Crippen LogP contribution is -2.32. The third-order valence-electron chi connectivity index (χ3n) is 5.16. The minimum Gasteiger partial charge on any atom is -0.241 e. The van der Waals surface area contributed by atoms with Crippen LogP contribution in [0, 0.1) is 27.7 Å². The fraction of sp³-hybridized carbons (Fsp3) is 0.217. The summed E-state index contributed by atoms with van der Waals surface area (Å²) in [4.78, 5) is 13.5. The van der Waals surface area contributed by atoms with Crippen LogP contribution in [-0.4, -0.2) is 15.0 Å². The van der Waals surface area contributed by atoms with E-state index in [4.69, 9.17) is 4.98 Å². The van der Waals surface area contributed by atoms with Gasteiger partial charge < -0.3 is 0 Å². The van der Waals surface area contributed by atoms with Gasteiger partial charge in [-0.3, -0.25) is 0 Å². The van der Waals surface area contributed by atoms with E-state index >= 15 is 0 Å². The summed E-state index contributed by atoms with van der Waals surface area (Å²) in [7, 11) is 2.06. The summed E-state index contributed by atoms with van der Waals surface area (Å²) < 4.78 is 2.11. The molecule has 134 valence electrons. The number of hydrogen-bond acceptors (Lipinski definition) is 3. The molecule has 0 aliphatic heterocycles. The number of aromatic nitrogens is 4. The average Bonchev–Trinajstić information content (AvgIpc) is 2.65. The van der Waals surface area contributed by atoms with Gasteiger partial charge in [0, 0.05) is 29.1 Å². The Morgan fingerprint density at radius 3 is 2.33 bits per heavy atom. The van der Waals surface area contributed by atoms with Gasteiger partial charge in [0.05, 0.1) is 12.4 Å². The van der Waals surface area contributed by atoms with Gasteiger partial charge in [0.25, 0.3) is 6.33 Å². The predicted octanol–water partition coefficient (Wildman–Crippen LogP) is 4.42. The summed E-state index contributed by atoms with van der Waals surface area (Å²) >= 11 is 0. The number of aryl methyl sites for hydroxylation is 4. The third-order valence-corrected chi connectivity index (χ3v) is 5.16. The Morgan fingerprint density at radius 1 is 0.852 bits per heavy atom. The largest absolute Gasteiger partial charge is 0.287 e. The van der Waals surface area contributed by atoms with Crippen molar-refractivity contribution in [2.45, 2.75) is 27.7 Å². The van der Waals surface area contributed by atoms with Crippen LogP contribution in [0.15, 0.2) is 49.1 Å². The zero-order chi connectivity index (χ0) is 19.1. The molecule has 0 saturated carbocycles. The molecule has 2 aromatic heterocycles. The van der Waals surface area contributed by atoms with E-state index in [1.165, 1.54) is 27.9 Å². The highest BCUT2D eigenvalue weighted by Gasteiger charge is 2.20. The van der Waals surface area contributed by atoms with Gasteiger partial charge >= 0.3 is 0 Å². The maximum atomic E-state index is 4.75. The molecule has 0 unspecified atom stereocenters. The van der Waals surface area contributed by atoms with E-state index < -0.39 is 0 Å². The van der Waals surface area contributed by atoms with Crippen LogP contribution in [0.2, 0.25) is 0 Å². The molecule has 0 aliphatic rings. The maximum Gasteiger partial charge on any atom is 0.287 e. The fourth-order valence-electron chi connectivity index (χ4n) is 3.65. The zero-order valence-corrected chi connectivity index (χ0v) is 16.4. The first-order chi connectivity index (χ1) is 13.0. The lowest BCUT2D eigenvalue weighted by atomic mass is 9.94. The topological polar surface area (TPSA) is 42.6 Å². The normalized spacial score (nSPS) is 11.1. The molecule has 4 rings (SSSR count). The summed E-state index contributed by atoms with van der Waals surface area (Å²) in [5.41, 5.74) is 9.30. The molecule has 0 fully saturated rings. The number of hydrogen-bond donors (Lipinski definition) is 0. The lowest BCUT2D eigenvalue weighted by molar-refractivity contribution is -0.662. The molecule has 0 amide bonds. The molecule has 0 N–H and O–H groups in total. The van der Waals surface area contributed by atoms with Crippen LogP contribution in [0.3, 0.4) is 0 Å². The Bertz CT molecular complexity index is 1160. The van der Waals surface area contributed by atoms with Gasteiger partial charge in [0.1, 0.15) is 11.5 Å². The fourth-order valence-corrected chi connectivity index (χ4v) is 3.65. The molecule has 0 atom stereocenters. The molecule has 27 heavy (non-hydrogen) atoms. The van der Waals surface area contributed by atoms with Crippen molar-refractivity contribution in [1.29, 1.82) is 0 Å². The SMILES string of the molecule is Cc1cc(C)c(C)c(-c2c3cccc(-c4cnc(C)nc4)c3nc[n+]2C)c1. The maximum absolute atomic E-state index is 4.75. The quantitative estimate of drug-likeness (QED) is 0.500. The molecule has 4 aromatic rings.